The van der Waals surface area contributed by atoms with Crippen LogP contribution in [0.1, 0.15) is 30.1 Å². The zero-order valence-electron chi connectivity index (χ0n) is 11.3. The third-order valence-corrected chi connectivity index (χ3v) is 5.02. The van der Waals surface area contributed by atoms with Crippen molar-refractivity contribution >= 4 is 9.84 Å². The summed E-state index contributed by atoms with van der Waals surface area (Å²) >= 11 is 0. The van der Waals surface area contributed by atoms with E-state index in [1.807, 2.05) is 0 Å². The Balaban J connectivity index is 2.01. The van der Waals surface area contributed by atoms with Crippen molar-refractivity contribution in [2.24, 2.45) is 0 Å². The molecule has 0 aliphatic heterocycles. The number of halogens is 2. The van der Waals surface area contributed by atoms with E-state index in [0.29, 0.717) is 0 Å². The maximum Gasteiger partial charge on any atom is 0.217 e. The highest BCUT2D eigenvalue weighted by molar-refractivity contribution is 7.90. The SMILES string of the molecule is CS(=O)(=O)c1cnc(O[C@H]2C[C@H](F)C2)c2c1[C@H](O)[C@H](F)C2. The molecule has 1 fully saturated rings. The second kappa shape index (κ2) is 4.88. The molecule has 1 aromatic heterocycles. The van der Waals surface area contributed by atoms with Crippen molar-refractivity contribution in [1.82, 2.24) is 4.98 Å². The minimum atomic E-state index is -3.63. The number of pyridine rings is 1. The molecule has 2 atom stereocenters. The molecular weight excluding hydrogens is 304 g/mol. The van der Waals surface area contributed by atoms with E-state index in [0.717, 1.165) is 12.5 Å². The molecule has 1 N–H and O–H groups in total. The Bertz CT molecular complexity index is 673. The first-order chi connectivity index (χ1) is 9.77. The Hall–Kier alpha value is -1.28. The molecule has 1 aromatic rings. The summed E-state index contributed by atoms with van der Waals surface area (Å²) in [6.45, 7) is 0. The first-order valence-electron chi connectivity index (χ1n) is 6.62. The molecule has 21 heavy (non-hydrogen) atoms. The number of rotatable bonds is 3. The van der Waals surface area contributed by atoms with E-state index >= 15 is 0 Å². The third-order valence-electron chi connectivity index (χ3n) is 3.90. The number of alkyl halides is 2. The molecule has 1 heterocycles. The van der Waals surface area contributed by atoms with Crippen LogP contribution in [0.25, 0.3) is 0 Å². The van der Waals surface area contributed by atoms with Gasteiger partial charge in [-0.15, -0.1) is 0 Å². The summed E-state index contributed by atoms with van der Waals surface area (Å²) in [4.78, 5) is 3.75. The van der Waals surface area contributed by atoms with Crippen LogP contribution in [0, 0.1) is 0 Å². The van der Waals surface area contributed by atoms with E-state index in [-0.39, 0.29) is 47.3 Å². The summed E-state index contributed by atoms with van der Waals surface area (Å²) in [7, 11) is -3.63. The minimum absolute atomic E-state index is 0.0196. The van der Waals surface area contributed by atoms with Crippen molar-refractivity contribution in [3.63, 3.8) is 0 Å². The fourth-order valence-electron chi connectivity index (χ4n) is 2.69. The normalized spacial score (nSPS) is 31.6. The number of hydrogen-bond acceptors (Lipinski definition) is 5. The summed E-state index contributed by atoms with van der Waals surface area (Å²) in [5.41, 5.74) is 0.284. The number of nitrogens with zero attached hydrogens (tertiary/aromatic N) is 1. The number of hydrogen-bond donors (Lipinski definition) is 1. The molecule has 0 unspecified atom stereocenters. The van der Waals surface area contributed by atoms with Crippen LogP contribution in [0.3, 0.4) is 0 Å². The van der Waals surface area contributed by atoms with Gasteiger partial charge in [0.05, 0.1) is 4.90 Å². The van der Waals surface area contributed by atoms with Gasteiger partial charge in [-0.25, -0.2) is 22.2 Å². The lowest BCUT2D eigenvalue weighted by molar-refractivity contribution is 0.0369. The Morgan fingerprint density at radius 3 is 2.62 bits per heavy atom. The fourth-order valence-corrected chi connectivity index (χ4v) is 3.58. The standard InChI is InChI=1S/C13H15F2NO4S/c1-21(18,19)10-5-16-13(20-7-2-6(14)3-7)8-4-9(15)12(17)11(8)10/h5-7,9,12,17H,2-4H2,1H3/t6-,7-,9-,12-/m1/s1. The van der Waals surface area contributed by atoms with Crippen LogP contribution in [-0.2, 0) is 16.3 Å². The number of aromatic nitrogens is 1. The van der Waals surface area contributed by atoms with E-state index in [4.69, 9.17) is 4.74 Å². The largest absolute Gasteiger partial charge is 0.474 e. The monoisotopic (exact) mass is 319 g/mol. The summed E-state index contributed by atoms with van der Waals surface area (Å²) in [6.07, 6.45) is -1.98. The highest BCUT2D eigenvalue weighted by atomic mass is 32.2. The molecule has 0 bridgehead atoms. The second-order valence-electron chi connectivity index (χ2n) is 5.57. The Labute approximate surface area is 120 Å². The van der Waals surface area contributed by atoms with Gasteiger partial charge in [-0.1, -0.05) is 0 Å². The highest BCUT2D eigenvalue weighted by Gasteiger charge is 2.40. The van der Waals surface area contributed by atoms with Gasteiger partial charge in [-0.3, -0.25) is 0 Å². The smallest absolute Gasteiger partial charge is 0.217 e. The van der Waals surface area contributed by atoms with Crippen LogP contribution < -0.4 is 4.74 Å². The predicted molar refractivity (Wildman–Crippen MR) is 69.5 cm³/mol. The van der Waals surface area contributed by atoms with Crippen LogP contribution in [0.4, 0.5) is 8.78 Å². The summed E-state index contributed by atoms with van der Waals surface area (Å²) < 4.78 is 55.5. The Kier molecular flexibility index (Phi) is 3.40. The molecule has 0 spiro atoms. The molecular formula is C13H15F2NO4S. The molecule has 5 nitrogen and oxygen atoms in total. The molecule has 8 heteroatoms. The lowest BCUT2D eigenvalue weighted by Gasteiger charge is -2.30. The highest BCUT2D eigenvalue weighted by Crippen LogP contribution is 2.42. The Morgan fingerprint density at radius 2 is 2.05 bits per heavy atom. The number of aliphatic hydroxyl groups excluding tert-OH is 1. The lowest BCUT2D eigenvalue weighted by Crippen LogP contribution is -2.35. The molecule has 0 amide bonds. The second-order valence-corrected chi connectivity index (χ2v) is 7.55. The molecule has 3 rings (SSSR count). The van der Waals surface area contributed by atoms with Gasteiger partial charge in [0.2, 0.25) is 5.88 Å². The topological polar surface area (TPSA) is 76.5 Å². The van der Waals surface area contributed by atoms with Crippen molar-refractivity contribution in [3.8, 4) is 5.88 Å². The van der Waals surface area contributed by atoms with E-state index in [1.54, 1.807) is 0 Å². The first-order valence-corrected chi connectivity index (χ1v) is 8.51. The summed E-state index contributed by atoms with van der Waals surface area (Å²) in [5.74, 6) is 0.0912. The van der Waals surface area contributed by atoms with Crippen LogP contribution in [0.15, 0.2) is 11.1 Å². The van der Waals surface area contributed by atoms with Crippen molar-refractivity contribution in [2.75, 3.05) is 6.26 Å². The van der Waals surface area contributed by atoms with Gasteiger partial charge in [0.15, 0.2) is 9.84 Å². The quantitative estimate of drug-likeness (QED) is 0.908. The van der Waals surface area contributed by atoms with E-state index < -0.39 is 28.3 Å². The van der Waals surface area contributed by atoms with Crippen LogP contribution in [0.2, 0.25) is 0 Å². The van der Waals surface area contributed by atoms with Gasteiger partial charge in [-0.2, -0.15) is 0 Å². The molecule has 0 saturated heterocycles. The molecule has 2 aliphatic rings. The van der Waals surface area contributed by atoms with Gasteiger partial charge in [-0.05, 0) is 0 Å². The number of ether oxygens (including phenoxy) is 1. The fraction of sp³-hybridized carbons (Fsp3) is 0.615. The molecule has 2 aliphatic carbocycles. The average molecular weight is 319 g/mol. The average Bonchev–Trinajstić information content (AvgIpc) is 2.64. The first kappa shape index (κ1) is 14.6. The summed E-state index contributed by atoms with van der Waals surface area (Å²) in [5, 5.41) is 9.88. The molecule has 116 valence electrons. The van der Waals surface area contributed by atoms with Crippen LogP contribution in [-0.4, -0.2) is 43.2 Å². The summed E-state index contributed by atoms with van der Waals surface area (Å²) in [6, 6.07) is 0. The van der Waals surface area contributed by atoms with Gasteiger partial charge in [0.25, 0.3) is 0 Å². The zero-order chi connectivity index (χ0) is 15.4. The van der Waals surface area contributed by atoms with Gasteiger partial charge in [0.1, 0.15) is 24.6 Å². The third kappa shape index (κ3) is 2.50. The van der Waals surface area contributed by atoms with Gasteiger partial charge in [0, 0.05) is 42.8 Å². The van der Waals surface area contributed by atoms with Crippen molar-refractivity contribution in [3.05, 3.63) is 17.3 Å². The lowest BCUT2D eigenvalue weighted by atomic mass is 9.93. The van der Waals surface area contributed by atoms with Crippen LogP contribution >= 0.6 is 0 Å². The molecule has 0 aromatic carbocycles. The molecule has 0 radical (unpaired) electrons. The number of aliphatic hydroxyl groups is 1. The van der Waals surface area contributed by atoms with Crippen molar-refractivity contribution < 1.29 is 27.0 Å². The van der Waals surface area contributed by atoms with Gasteiger partial charge < -0.3 is 9.84 Å². The van der Waals surface area contributed by atoms with E-state index in [2.05, 4.69) is 4.98 Å². The van der Waals surface area contributed by atoms with Crippen molar-refractivity contribution in [1.29, 1.82) is 0 Å². The van der Waals surface area contributed by atoms with Crippen LogP contribution in [0.5, 0.6) is 5.88 Å². The minimum Gasteiger partial charge on any atom is -0.474 e. The van der Waals surface area contributed by atoms with Gasteiger partial charge >= 0.3 is 0 Å². The van der Waals surface area contributed by atoms with Crippen molar-refractivity contribution in [2.45, 2.75) is 48.7 Å². The van der Waals surface area contributed by atoms with E-state index in [9.17, 15) is 22.3 Å². The number of sulfone groups is 1. The van der Waals surface area contributed by atoms with E-state index in [1.165, 1.54) is 0 Å². The zero-order valence-corrected chi connectivity index (χ0v) is 12.1. The Morgan fingerprint density at radius 1 is 1.38 bits per heavy atom. The maximum atomic E-state index is 13.8. The molecule has 1 saturated carbocycles. The predicted octanol–water partition coefficient (Wildman–Crippen LogP) is 1.29. The maximum absolute atomic E-state index is 13.8. The number of fused-ring (bicyclic) bond motifs is 1.